The number of amides is 3. The highest BCUT2D eigenvalue weighted by atomic mass is 35.5. The minimum absolute atomic E-state index is 0.403. The molecule has 0 saturated heterocycles. The van der Waals surface area contributed by atoms with Gasteiger partial charge in [-0.15, -0.1) is 0 Å². The van der Waals surface area contributed by atoms with Gasteiger partial charge in [0, 0.05) is 16.8 Å². The third-order valence-electron chi connectivity index (χ3n) is 3.34. The van der Waals surface area contributed by atoms with E-state index in [1.54, 1.807) is 36.5 Å². The van der Waals surface area contributed by atoms with E-state index in [4.69, 9.17) is 11.6 Å². The van der Waals surface area contributed by atoms with Gasteiger partial charge in [-0.05, 0) is 63.6 Å². The molecule has 0 saturated carbocycles. The highest BCUT2D eigenvalue weighted by molar-refractivity contribution is 6.30. The number of aromatic nitrogens is 1. The third kappa shape index (κ3) is 5.19. The Morgan fingerprint density at radius 1 is 1.08 bits per heavy atom. The van der Waals surface area contributed by atoms with E-state index in [9.17, 15) is 9.59 Å². The molecule has 2 N–H and O–H groups in total. The number of benzene rings is 1. The number of hydrogen-bond acceptors (Lipinski definition) is 3. The number of pyridine rings is 1. The van der Waals surface area contributed by atoms with Gasteiger partial charge in [0.25, 0.3) is 5.91 Å². The average Bonchev–Trinajstić information content (AvgIpc) is 2.54. The highest BCUT2D eigenvalue weighted by Gasteiger charge is 2.29. The van der Waals surface area contributed by atoms with E-state index in [2.05, 4.69) is 15.7 Å². The lowest BCUT2D eigenvalue weighted by molar-refractivity contribution is 0.0687. The van der Waals surface area contributed by atoms with Crippen molar-refractivity contribution in [1.29, 1.82) is 0 Å². The van der Waals surface area contributed by atoms with E-state index >= 15 is 0 Å². The summed E-state index contributed by atoms with van der Waals surface area (Å²) >= 11 is 5.83. The van der Waals surface area contributed by atoms with Crippen molar-refractivity contribution in [3.05, 3.63) is 58.7 Å². The van der Waals surface area contributed by atoms with Crippen molar-refractivity contribution in [2.24, 2.45) is 0 Å². The molecule has 6 nitrogen and oxygen atoms in total. The Balaban J connectivity index is 2.15. The molecule has 0 bridgehead atoms. The lowest BCUT2D eigenvalue weighted by Gasteiger charge is -2.35. The lowest BCUT2D eigenvalue weighted by Crippen LogP contribution is -2.57. The summed E-state index contributed by atoms with van der Waals surface area (Å²) in [5, 5.41) is 4.46. The van der Waals surface area contributed by atoms with Crippen LogP contribution >= 0.6 is 11.6 Å². The van der Waals surface area contributed by atoms with Crippen LogP contribution in [-0.4, -0.2) is 27.5 Å². The maximum absolute atomic E-state index is 12.6. The molecule has 0 spiro atoms. The normalized spacial score (nSPS) is 10.9. The quantitative estimate of drug-likeness (QED) is 0.794. The molecule has 7 heteroatoms. The molecule has 0 aliphatic rings. The Bertz CT molecular complexity index is 752. The van der Waals surface area contributed by atoms with E-state index < -0.39 is 17.5 Å². The first-order chi connectivity index (χ1) is 11.7. The smallest absolute Gasteiger partial charge is 0.291 e. The standard InChI is InChI=1S/C18H21ClN4O2/c1-12-5-10-15(20-11-12)21-17(25)23(18(2,3)4)22-16(24)13-6-8-14(19)9-7-13/h5-11H,1-4H3,(H,22,24)(H,20,21,25). The molecule has 0 aliphatic carbocycles. The molecule has 0 fully saturated rings. The number of nitrogens with one attached hydrogen (secondary N) is 2. The summed E-state index contributed by atoms with van der Waals surface area (Å²) in [6, 6.07) is 9.50. The average molecular weight is 361 g/mol. The molecule has 2 rings (SSSR count). The molecule has 3 amide bonds. The second-order valence-electron chi connectivity index (χ2n) is 6.60. The van der Waals surface area contributed by atoms with Crippen LogP contribution in [-0.2, 0) is 0 Å². The second kappa shape index (κ2) is 7.53. The summed E-state index contributed by atoms with van der Waals surface area (Å²) < 4.78 is 0. The Morgan fingerprint density at radius 3 is 2.24 bits per heavy atom. The highest BCUT2D eigenvalue weighted by Crippen LogP contribution is 2.15. The van der Waals surface area contributed by atoms with Gasteiger partial charge in [0.2, 0.25) is 0 Å². The molecule has 2 aromatic rings. The molecule has 0 aliphatic heterocycles. The van der Waals surface area contributed by atoms with Crippen LogP contribution in [0.2, 0.25) is 5.02 Å². The molecule has 1 aromatic heterocycles. The Kier molecular flexibility index (Phi) is 5.64. The molecule has 0 unspecified atom stereocenters. The molecule has 0 radical (unpaired) electrons. The van der Waals surface area contributed by atoms with Crippen molar-refractivity contribution >= 4 is 29.4 Å². The first-order valence-electron chi connectivity index (χ1n) is 7.77. The summed E-state index contributed by atoms with van der Waals surface area (Å²) in [5.41, 5.74) is 3.38. The SMILES string of the molecule is Cc1ccc(NC(=O)N(NC(=O)c2ccc(Cl)cc2)C(C)(C)C)nc1. The Hall–Kier alpha value is -2.60. The van der Waals surface area contributed by atoms with E-state index in [1.807, 2.05) is 33.8 Å². The van der Waals surface area contributed by atoms with Gasteiger partial charge in [0.15, 0.2) is 0 Å². The van der Waals surface area contributed by atoms with Crippen LogP contribution in [0.5, 0.6) is 0 Å². The molecular weight excluding hydrogens is 340 g/mol. The number of anilines is 1. The van der Waals surface area contributed by atoms with Crippen molar-refractivity contribution in [2.75, 3.05) is 5.32 Å². The van der Waals surface area contributed by atoms with Crippen LogP contribution in [0.15, 0.2) is 42.6 Å². The predicted molar refractivity (Wildman–Crippen MR) is 98.5 cm³/mol. The van der Waals surface area contributed by atoms with Crippen LogP contribution in [0.4, 0.5) is 10.6 Å². The van der Waals surface area contributed by atoms with Gasteiger partial charge < -0.3 is 0 Å². The maximum Gasteiger partial charge on any atom is 0.342 e. The maximum atomic E-state index is 12.6. The first kappa shape index (κ1) is 18.7. The minimum atomic E-state index is -0.642. The van der Waals surface area contributed by atoms with Crippen LogP contribution in [0, 0.1) is 6.92 Å². The molecule has 132 valence electrons. The van der Waals surface area contributed by atoms with E-state index in [-0.39, 0.29) is 0 Å². The largest absolute Gasteiger partial charge is 0.342 e. The monoisotopic (exact) mass is 360 g/mol. The Labute approximate surface area is 152 Å². The minimum Gasteiger partial charge on any atom is -0.291 e. The molecular formula is C18H21ClN4O2. The van der Waals surface area contributed by atoms with Crippen LogP contribution in [0.3, 0.4) is 0 Å². The van der Waals surface area contributed by atoms with Crippen molar-refractivity contribution in [3.63, 3.8) is 0 Å². The number of hydrazine groups is 1. The molecule has 1 heterocycles. The van der Waals surface area contributed by atoms with E-state index in [0.717, 1.165) is 5.56 Å². The van der Waals surface area contributed by atoms with Crippen molar-refractivity contribution < 1.29 is 9.59 Å². The Morgan fingerprint density at radius 2 is 1.72 bits per heavy atom. The number of halogens is 1. The fourth-order valence-electron chi connectivity index (χ4n) is 2.00. The zero-order valence-electron chi connectivity index (χ0n) is 14.6. The van der Waals surface area contributed by atoms with Crippen molar-refractivity contribution in [3.8, 4) is 0 Å². The van der Waals surface area contributed by atoms with Gasteiger partial charge in [0.05, 0.1) is 5.54 Å². The zero-order valence-corrected chi connectivity index (χ0v) is 15.4. The number of urea groups is 1. The predicted octanol–water partition coefficient (Wildman–Crippen LogP) is 4.02. The number of carbonyl (C=O) groups is 2. The van der Waals surface area contributed by atoms with Gasteiger partial charge in [-0.3, -0.25) is 15.5 Å². The van der Waals surface area contributed by atoms with Gasteiger partial charge >= 0.3 is 6.03 Å². The molecule has 1 aromatic carbocycles. The number of hydrogen-bond donors (Lipinski definition) is 2. The third-order valence-corrected chi connectivity index (χ3v) is 3.59. The first-order valence-corrected chi connectivity index (χ1v) is 8.15. The van der Waals surface area contributed by atoms with Gasteiger partial charge in [-0.1, -0.05) is 17.7 Å². The lowest BCUT2D eigenvalue weighted by atomic mass is 10.1. The van der Waals surface area contributed by atoms with Crippen LogP contribution in [0.1, 0.15) is 36.7 Å². The number of nitrogens with zero attached hydrogens (tertiary/aromatic N) is 2. The molecule has 25 heavy (non-hydrogen) atoms. The van der Waals surface area contributed by atoms with Gasteiger partial charge in [-0.2, -0.15) is 0 Å². The van der Waals surface area contributed by atoms with Crippen molar-refractivity contribution in [1.82, 2.24) is 15.4 Å². The summed E-state index contributed by atoms with van der Waals surface area (Å²) in [6.45, 7) is 7.36. The summed E-state index contributed by atoms with van der Waals surface area (Å²) in [6.07, 6.45) is 1.66. The van der Waals surface area contributed by atoms with Gasteiger partial charge in [0.1, 0.15) is 5.82 Å². The van der Waals surface area contributed by atoms with Crippen LogP contribution in [0.25, 0.3) is 0 Å². The van der Waals surface area contributed by atoms with Gasteiger partial charge in [-0.25, -0.2) is 14.8 Å². The van der Waals surface area contributed by atoms with E-state index in [0.29, 0.717) is 16.4 Å². The summed E-state index contributed by atoms with van der Waals surface area (Å²) in [4.78, 5) is 29.2. The second-order valence-corrected chi connectivity index (χ2v) is 7.04. The van der Waals surface area contributed by atoms with Crippen molar-refractivity contribution in [2.45, 2.75) is 33.2 Å². The zero-order chi connectivity index (χ0) is 18.6. The number of aryl methyl sites for hydroxylation is 1. The fourth-order valence-corrected chi connectivity index (χ4v) is 2.12. The fraction of sp³-hybridized carbons (Fsp3) is 0.278. The van der Waals surface area contributed by atoms with E-state index in [1.165, 1.54) is 5.01 Å². The summed E-state index contributed by atoms with van der Waals surface area (Å²) in [7, 11) is 0. The number of rotatable bonds is 2. The topological polar surface area (TPSA) is 74.3 Å². The number of carbonyl (C=O) groups excluding carboxylic acids is 2. The molecule has 0 atom stereocenters. The van der Waals surface area contributed by atoms with Crippen LogP contribution < -0.4 is 10.7 Å². The summed E-state index contributed by atoms with van der Waals surface area (Å²) in [5.74, 6) is 0.00389.